The van der Waals surface area contributed by atoms with Crippen LogP contribution in [0.25, 0.3) is 0 Å². The van der Waals surface area contributed by atoms with Crippen molar-refractivity contribution in [1.82, 2.24) is 10.5 Å². The average Bonchev–Trinajstić information content (AvgIpc) is 2.63. The third kappa shape index (κ3) is 3.84. The van der Waals surface area contributed by atoms with Gasteiger partial charge in [-0.15, -0.1) is 0 Å². The highest BCUT2D eigenvalue weighted by Gasteiger charge is 2.21. The molecule has 1 N–H and O–H groups in total. The minimum absolute atomic E-state index is 0.226. The van der Waals surface area contributed by atoms with Gasteiger partial charge >= 0.3 is 5.97 Å². The quantitative estimate of drug-likeness (QED) is 0.786. The smallest absolute Gasteiger partial charge is 0.322 e. The van der Waals surface area contributed by atoms with E-state index in [-0.39, 0.29) is 12.0 Å². The van der Waals surface area contributed by atoms with Gasteiger partial charge in [-0.05, 0) is 26.2 Å². The van der Waals surface area contributed by atoms with Crippen LogP contribution in [0.1, 0.15) is 37.3 Å². The van der Waals surface area contributed by atoms with Gasteiger partial charge in [-0.2, -0.15) is 0 Å². The molecule has 0 spiro atoms. The highest BCUT2D eigenvalue weighted by Crippen LogP contribution is 2.13. The summed E-state index contributed by atoms with van der Waals surface area (Å²) in [5.74, 6) is 0.981. The zero-order valence-corrected chi connectivity index (χ0v) is 11.7. The summed E-state index contributed by atoms with van der Waals surface area (Å²) in [5.41, 5.74) is 1.86. The number of aromatic nitrogens is 1. The lowest BCUT2D eigenvalue weighted by Gasteiger charge is -2.18. The van der Waals surface area contributed by atoms with Crippen molar-refractivity contribution in [2.45, 2.75) is 46.7 Å². The maximum atomic E-state index is 11.7. The van der Waals surface area contributed by atoms with Crippen LogP contribution in [0.4, 0.5) is 0 Å². The van der Waals surface area contributed by atoms with Gasteiger partial charge in [0.05, 0.1) is 12.8 Å². The zero-order valence-electron chi connectivity index (χ0n) is 11.7. The van der Waals surface area contributed by atoms with Crippen molar-refractivity contribution in [3.63, 3.8) is 0 Å². The number of rotatable bonds is 6. The maximum Gasteiger partial charge on any atom is 0.322 e. The number of ether oxygens (including phenoxy) is 1. The molecule has 0 amide bonds. The molecule has 102 valence electrons. The van der Waals surface area contributed by atoms with Gasteiger partial charge in [0.1, 0.15) is 11.8 Å². The number of methoxy groups -OCH3 is 1. The molecular weight excluding hydrogens is 232 g/mol. The molecule has 0 saturated heterocycles. The van der Waals surface area contributed by atoms with Gasteiger partial charge in [0.15, 0.2) is 0 Å². The third-order valence-electron chi connectivity index (χ3n) is 2.90. The van der Waals surface area contributed by atoms with Crippen molar-refractivity contribution in [2.75, 3.05) is 7.11 Å². The van der Waals surface area contributed by atoms with E-state index in [2.05, 4.69) is 24.3 Å². The number of esters is 1. The van der Waals surface area contributed by atoms with Crippen molar-refractivity contribution >= 4 is 5.97 Å². The second kappa shape index (κ2) is 6.54. The molecule has 1 unspecified atom stereocenters. The Morgan fingerprint density at radius 1 is 1.44 bits per heavy atom. The molecule has 5 nitrogen and oxygen atoms in total. The van der Waals surface area contributed by atoms with Crippen LogP contribution in [-0.2, 0) is 16.1 Å². The molecular formula is C13H22N2O3. The van der Waals surface area contributed by atoms with E-state index < -0.39 is 0 Å². The van der Waals surface area contributed by atoms with Gasteiger partial charge in [-0.1, -0.05) is 19.0 Å². The van der Waals surface area contributed by atoms with Gasteiger partial charge < -0.3 is 14.6 Å². The van der Waals surface area contributed by atoms with Crippen LogP contribution < -0.4 is 5.32 Å². The summed E-state index contributed by atoms with van der Waals surface area (Å²) in [6, 6.07) is -0.288. The normalized spacial score (nSPS) is 12.8. The van der Waals surface area contributed by atoms with Crippen LogP contribution in [0.2, 0.25) is 0 Å². The van der Waals surface area contributed by atoms with Crippen molar-refractivity contribution in [2.24, 2.45) is 5.92 Å². The van der Waals surface area contributed by atoms with Gasteiger partial charge in [0.25, 0.3) is 0 Å². The topological polar surface area (TPSA) is 64.4 Å². The molecule has 0 aliphatic heterocycles. The minimum atomic E-state index is -0.288. The summed E-state index contributed by atoms with van der Waals surface area (Å²) in [5, 5.41) is 7.10. The van der Waals surface area contributed by atoms with Crippen LogP contribution in [0.5, 0.6) is 0 Å². The first-order valence-corrected chi connectivity index (χ1v) is 6.18. The molecule has 0 saturated carbocycles. The Balaban J connectivity index is 2.64. The van der Waals surface area contributed by atoms with Crippen molar-refractivity contribution in [1.29, 1.82) is 0 Å². The van der Waals surface area contributed by atoms with E-state index in [4.69, 9.17) is 9.26 Å². The summed E-state index contributed by atoms with van der Waals surface area (Å²) in [7, 11) is 1.41. The van der Waals surface area contributed by atoms with Gasteiger partial charge in [-0.25, -0.2) is 0 Å². The molecule has 18 heavy (non-hydrogen) atoms. The number of hydrogen-bond acceptors (Lipinski definition) is 5. The summed E-state index contributed by atoms with van der Waals surface area (Å²) in [4.78, 5) is 11.7. The molecule has 0 bridgehead atoms. The Morgan fingerprint density at radius 3 is 2.56 bits per heavy atom. The Kier molecular flexibility index (Phi) is 5.34. The van der Waals surface area contributed by atoms with E-state index in [0.717, 1.165) is 23.4 Å². The molecule has 0 aliphatic carbocycles. The molecule has 1 heterocycles. The largest absolute Gasteiger partial charge is 0.468 e. The summed E-state index contributed by atoms with van der Waals surface area (Å²) in [6.07, 6.45) is 0.746. The highest BCUT2D eigenvalue weighted by molar-refractivity contribution is 5.75. The molecule has 0 radical (unpaired) electrons. The molecule has 0 fully saturated rings. The van der Waals surface area contributed by atoms with E-state index in [1.165, 1.54) is 7.11 Å². The first-order valence-electron chi connectivity index (χ1n) is 6.18. The molecule has 0 aliphatic rings. The SMILES string of the molecule is COC(=O)C(CC(C)C)NCc1c(C)noc1C. The fraction of sp³-hybridized carbons (Fsp3) is 0.692. The zero-order chi connectivity index (χ0) is 13.7. The van der Waals surface area contributed by atoms with Gasteiger partial charge in [0, 0.05) is 12.1 Å². The predicted octanol–water partition coefficient (Wildman–Crippen LogP) is 1.97. The highest BCUT2D eigenvalue weighted by atomic mass is 16.5. The van der Waals surface area contributed by atoms with Crippen LogP contribution in [0.15, 0.2) is 4.52 Å². The molecule has 0 aromatic carbocycles. The lowest BCUT2D eigenvalue weighted by Crippen LogP contribution is -2.38. The number of nitrogens with zero attached hydrogens (tertiary/aromatic N) is 1. The number of hydrogen-bond donors (Lipinski definition) is 1. The second-order valence-corrected chi connectivity index (χ2v) is 4.89. The van der Waals surface area contributed by atoms with Crippen LogP contribution in [-0.4, -0.2) is 24.3 Å². The van der Waals surface area contributed by atoms with Crippen LogP contribution >= 0.6 is 0 Å². The number of carbonyl (C=O) groups is 1. The fourth-order valence-electron chi connectivity index (χ4n) is 1.86. The molecule has 1 aromatic heterocycles. The first kappa shape index (κ1) is 14.7. The summed E-state index contributed by atoms with van der Waals surface area (Å²) >= 11 is 0. The maximum absolute atomic E-state index is 11.7. The molecule has 1 atom stereocenters. The second-order valence-electron chi connectivity index (χ2n) is 4.89. The Hall–Kier alpha value is -1.36. The van der Waals surface area contributed by atoms with Crippen LogP contribution in [0, 0.1) is 19.8 Å². The molecule has 5 heteroatoms. The number of aryl methyl sites for hydroxylation is 2. The predicted molar refractivity (Wildman–Crippen MR) is 68.1 cm³/mol. The van der Waals surface area contributed by atoms with E-state index in [1.807, 2.05) is 13.8 Å². The monoisotopic (exact) mass is 254 g/mol. The molecule has 1 aromatic rings. The average molecular weight is 254 g/mol. The lowest BCUT2D eigenvalue weighted by molar-refractivity contribution is -0.143. The van der Waals surface area contributed by atoms with Gasteiger partial charge in [0.2, 0.25) is 0 Å². The Bertz CT molecular complexity index is 379. The van der Waals surface area contributed by atoms with E-state index in [0.29, 0.717) is 12.5 Å². The summed E-state index contributed by atoms with van der Waals surface area (Å²) in [6.45, 7) is 8.48. The van der Waals surface area contributed by atoms with Gasteiger partial charge in [-0.3, -0.25) is 4.79 Å². The Morgan fingerprint density at radius 2 is 2.11 bits per heavy atom. The Labute approximate surface area is 108 Å². The summed E-state index contributed by atoms with van der Waals surface area (Å²) < 4.78 is 9.89. The van der Waals surface area contributed by atoms with E-state index >= 15 is 0 Å². The lowest BCUT2D eigenvalue weighted by atomic mass is 10.0. The van der Waals surface area contributed by atoms with E-state index in [9.17, 15) is 4.79 Å². The van der Waals surface area contributed by atoms with E-state index in [1.54, 1.807) is 0 Å². The minimum Gasteiger partial charge on any atom is -0.468 e. The molecule has 1 rings (SSSR count). The van der Waals surface area contributed by atoms with Crippen molar-refractivity contribution in [3.05, 3.63) is 17.0 Å². The third-order valence-corrected chi connectivity index (χ3v) is 2.90. The standard InChI is InChI=1S/C13H22N2O3/c1-8(2)6-12(13(16)17-5)14-7-11-9(3)15-18-10(11)4/h8,12,14H,6-7H2,1-5H3. The first-order chi connectivity index (χ1) is 8.45. The van der Waals surface area contributed by atoms with Crippen LogP contribution in [0.3, 0.4) is 0 Å². The van der Waals surface area contributed by atoms with Crippen molar-refractivity contribution in [3.8, 4) is 0 Å². The number of carbonyl (C=O) groups excluding carboxylic acids is 1. The number of nitrogens with one attached hydrogen (secondary N) is 1. The fourth-order valence-corrected chi connectivity index (χ4v) is 1.86. The van der Waals surface area contributed by atoms with Crippen molar-refractivity contribution < 1.29 is 14.1 Å².